The third-order valence-corrected chi connectivity index (χ3v) is 9.93. The van der Waals surface area contributed by atoms with Crippen molar-refractivity contribution in [3.8, 4) is 0 Å². The van der Waals surface area contributed by atoms with Crippen LogP contribution in [-0.4, -0.2) is 29.5 Å². The van der Waals surface area contributed by atoms with Crippen LogP contribution < -0.4 is 0 Å². The molecule has 3 fully saturated rings. The van der Waals surface area contributed by atoms with Gasteiger partial charge in [-0.1, -0.05) is 51.0 Å². The van der Waals surface area contributed by atoms with Crippen molar-refractivity contribution in [2.45, 2.75) is 110 Å². The van der Waals surface area contributed by atoms with Gasteiger partial charge in [-0.2, -0.15) is 0 Å². The molecule has 0 aliphatic heterocycles. The summed E-state index contributed by atoms with van der Waals surface area (Å²) in [7, 11) is 0. The van der Waals surface area contributed by atoms with Gasteiger partial charge >= 0.3 is 5.97 Å². The minimum atomic E-state index is -0.367. The van der Waals surface area contributed by atoms with Crippen molar-refractivity contribution in [2.24, 2.45) is 35.0 Å². The molecule has 0 heterocycles. The molecule has 0 amide bonds. The van der Waals surface area contributed by atoms with Crippen LogP contribution >= 0.6 is 11.6 Å². The highest BCUT2D eigenvalue weighted by Crippen LogP contribution is 2.63. The predicted octanol–water partition coefficient (Wildman–Crippen LogP) is 6.82. The fourth-order valence-corrected chi connectivity index (χ4v) is 8.38. The van der Waals surface area contributed by atoms with E-state index in [-0.39, 0.29) is 29.2 Å². The summed E-state index contributed by atoms with van der Waals surface area (Å²) in [5.74, 6) is 2.98. The van der Waals surface area contributed by atoms with Gasteiger partial charge in [-0.25, -0.2) is 0 Å². The van der Waals surface area contributed by atoms with Gasteiger partial charge in [-0.05, 0) is 68.3 Å². The number of esters is 1. The number of allylic oxidation sites excluding steroid dienone is 1. The molecule has 0 N–H and O–H groups in total. The number of unbranched alkanes of at least 4 members (excludes halogenated alkanes) is 6. The van der Waals surface area contributed by atoms with E-state index in [0.29, 0.717) is 48.7 Å². The van der Waals surface area contributed by atoms with Gasteiger partial charge in [0.15, 0.2) is 5.78 Å². The summed E-state index contributed by atoms with van der Waals surface area (Å²) in [5, 5.41) is 0. The number of rotatable bonds is 10. The topological polar surface area (TPSA) is 60.4 Å². The Morgan fingerprint density at radius 2 is 1.74 bits per heavy atom. The molecule has 0 aromatic carbocycles. The van der Waals surface area contributed by atoms with E-state index in [1.165, 1.54) is 51.0 Å². The Hall–Kier alpha value is -1.16. The number of ether oxygens (including phenoxy) is 1. The molecule has 5 heteroatoms. The van der Waals surface area contributed by atoms with Crippen molar-refractivity contribution >= 4 is 29.1 Å². The van der Waals surface area contributed by atoms with Gasteiger partial charge in [-0.3, -0.25) is 14.4 Å². The van der Waals surface area contributed by atoms with Crippen molar-refractivity contribution in [1.29, 1.82) is 0 Å². The zero-order valence-corrected chi connectivity index (χ0v) is 21.9. The monoisotopic (exact) mass is 490 g/mol. The second-order valence-corrected chi connectivity index (χ2v) is 12.1. The van der Waals surface area contributed by atoms with E-state index >= 15 is 0 Å². The first-order chi connectivity index (χ1) is 16.3. The Labute approximate surface area is 210 Å². The number of carbonyl (C=O) groups is 3. The molecule has 190 valence electrons. The zero-order chi connectivity index (χ0) is 24.3. The lowest BCUT2D eigenvalue weighted by Crippen LogP contribution is -2.56. The first-order valence-electron chi connectivity index (χ1n) is 13.8. The van der Waals surface area contributed by atoms with Gasteiger partial charge in [-0.15, -0.1) is 11.6 Å². The van der Waals surface area contributed by atoms with E-state index in [1.807, 2.05) is 6.08 Å². The van der Waals surface area contributed by atoms with E-state index in [2.05, 4.69) is 6.92 Å². The van der Waals surface area contributed by atoms with Gasteiger partial charge in [0.2, 0.25) is 0 Å². The third kappa shape index (κ3) is 5.32. The first kappa shape index (κ1) is 25.9. The number of halogens is 1. The van der Waals surface area contributed by atoms with Crippen LogP contribution in [0.5, 0.6) is 0 Å². The van der Waals surface area contributed by atoms with Gasteiger partial charge in [0, 0.05) is 37.0 Å². The van der Waals surface area contributed by atoms with Gasteiger partial charge in [0.25, 0.3) is 0 Å². The molecular formula is C29H43ClO4. The van der Waals surface area contributed by atoms with Crippen LogP contribution in [0.15, 0.2) is 11.6 Å². The Kier molecular flexibility index (Phi) is 8.59. The fraction of sp³-hybridized carbons (Fsp3) is 0.828. The zero-order valence-electron chi connectivity index (χ0n) is 21.2. The number of Topliss-reactive ketones (excluding diaryl/α,β-unsaturated/α-hetero) is 1. The molecule has 4 rings (SSSR count). The maximum atomic E-state index is 13.1. The van der Waals surface area contributed by atoms with Crippen LogP contribution in [0.4, 0.5) is 0 Å². The molecule has 0 bridgehead atoms. The van der Waals surface area contributed by atoms with E-state index in [1.54, 1.807) is 0 Å². The number of hydrogen-bond donors (Lipinski definition) is 0. The smallest absolute Gasteiger partial charge is 0.302 e. The van der Waals surface area contributed by atoms with E-state index in [4.69, 9.17) is 16.3 Å². The predicted molar refractivity (Wildman–Crippen MR) is 135 cm³/mol. The molecule has 3 saturated carbocycles. The van der Waals surface area contributed by atoms with Crippen LogP contribution in [0.3, 0.4) is 0 Å². The van der Waals surface area contributed by atoms with Crippen molar-refractivity contribution in [3.63, 3.8) is 0 Å². The number of hydrogen-bond acceptors (Lipinski definition) is 4. The second-order valence-electron chi connectivity index (χ2n) is 11.7. The number of ketones is 2. The van der Waals surface area contributed by atoms with Crippen LogP contribution in [0.1, 0.15) is 104 Å². The molecule has 0 aromatic rings. The maximum absolute atomic E-state index is 13.1. The normalized spacial score (nSPS) is 37.0. The second kappa shape index (κ2) is 11.3. The molecule has 4 aliphatic rings. The number of carbonyl (C=O) groups excluding carboxylic acids is 3. The summed E-state index contributed by atoms with van der Waals surface area (Å²) >= 11 is 5.78. The quantitative estimate of drug-likeness (QED) is 0.191. The summed E-state index contributed by atoms with van der Waals surface area (Å²) < 4.78 is 5.98. The van der Waals surface area contributed by atoms with E-state index in [0.717, 1.165) is 38.0 Å². The Morgan fingerprint density at radius 1 is 1.03 bits per heavy atom. The molecule has 4 aliphatic carbocycles. The lowest BCUT2D eigenvalue weighted by molar-refractivity contribution is -0.173. The van der Waals surface area contributed by atoms with E-state index < -0.39 is 0 Å². The highest BCUT2D eigenvalue weighted by Gasteiger charge is 2.62. The van der Waals surface area contributed by atoms with E-state index in [9.17, 15) is 14.4 Å². The van der Waals surface area contributed by atoms with Gasteiger partial charge in [0.1, 0.15) is 11.9 Å². The van der Waals surface area contributed by atoms with Crippen molar-refractivity contribution in [1.82, 2.24) is 0 Å². The SMILES string of the molecule is CC(=O)OC1C[C@]2(C)C(=O)CC[C@H]2[C@@H]2C(CCCCCCCCCCl)CC3=CC(=O)CC[C@@H]3[C@@H]12. The summed E-state index contributed by atoms with van der Waals surface area (Å²) in [4.78, 5) is 37.5. The first-order valence-corrected chi connectivity index (χ1v) is 14.4. The molecule has 0 saturated heterocycles. The summed E-state index contributed by atoms with van der Waals surface area (Å²) in [6, 6.07) is 0. The summed E-state index contributed by atoms with van der Waals surface area (Å²) in [6.45, 7) is 3.64. The highest BCUT2D eigenvalue weighted by atomic mass is 35.5. The summed E-state index contributed by atoms with van der Waals surface area (Å²) in [5.41, 5.74) is 0.932. The van der Waals surface area contributed by atoms with Crippen LogP contribution in [0.25, 0.3) is 0 Å². The molecule has 0 aromatic heterocycles. The van der Waals surface area contributed by atoms with Crippen LogP contribution in [-0.2, 0) is 19.1 Å². The molecule has 0 spiro atoms. The Morgan fingerprint density at radius 3 is 2.44 bits per heavy atom. The minimum Gasteiger partial charge on any atom is -0.462 e. The third-order valence-electron chi connectivity index (χ3n) is 9.66. The lowest BCUT2D eigenvalue weighted by atomic mass is 9.48. The molecule has 7 atom stereocenters. The number of alkyl halides is 1. The number of fused-ring (bicyclic) bond motifs is 5. The van der Waals surface area contributed by atoms with Crippen molar-refractivity contribution < 1.29 is 19.1 Å². The lowest BCUT2D eigenvalue weighted by Gasteiger charge is -2.57. The summed E-state index contributed by atoms with van der Waals surface area (Å²) in [6.07, 6.45) is 16.2. The van der Waals surface area contributed by atoms with Gasteiger partial charge < -0.3 is 4.74 Å². The minimum absolute atomic E-state index is 0.211. The van der Waals surface area contributed by atoms with Crippen LogP contribution in [0.2, 0.25) is 0 Å². The largest absolute Gasteiger partial charge is 0.462 e. The van der Waals surface area contributed by atoms with Crippen molar-refractivity contribution in [2.75, 3.05) is 5.88 Å². The van der Waals surface area contributed by atoms with Gasteiger partial charge in [0.05, 0.1) is 0 Å². The highest BCUT2D eigenvalue weighted by molar-refractivity contribution is 6.17. The molecule has 4 nitrogen and oxygen atoms in total. The Balaban J connectivity index is 1.53. The maximum Gasteiger partial charge on any atom is 0.302 e. The standard InChI is InChI=1S/C29H43ClO4/c1-19(31)34-25-18-29(2)24(13-14-26(29)33)27-20(10-8-6-4-3-5-7-9-15-30)16-21-17-22(32)11-12-23(21)28(25)27/h17,20,23-25,27-28H,3-16,18H2,1-2H3/t20?,23-,24-,25?,27-,28-,29-/m0/s1. The molecule has 0 radical (unpaired) electrons. The average molecular weight is 491 g/mol. The molecule has 2 unspecified atom stereocenters. The molecular weight excluding hydrogens is 448 g/mol. The van der Waals surface area contributed by atoms with Crippen molar-refractivity contribution in [3.05, 3.63) is 11.6 Å². The molecule has 34 heavy (non-hydrogen) atoms. The average Bonchev–Trinajstić information content (AvgIpc) is 3.08. The Bertz CT molecular complexity index is 804. The fourth-order valence-electron chi connectivity index (χ4n) is 8.19. The van der Waals surface area contributed by atoms with Crippen LogP contribution in [0, 0.1) is 35.0 Å².